The zero-order valence-electron chi connectivity index (χ0n) is 16.1. The summed E-state index contributed by atoms with van der Waals surface area (Å²) in [5.41, 5.74) is 0. The lowest BCUT2D eigenvalue weighted by Gasteiger charge is -2.07. The number of carbonyl (C=O) groups is 3. The number of hydrogen-bond donors (Lipinski definition) is 3. The average Bonchev–Trinajstić information content (AvgIpc) is 2.58. The van der Waals surface area contributed by atoms with Crippen LogP contribution >= 0.6 is 0 Å². The second-order valence-electron chi connectivity index (χ2n) is 6.43. The molecule has 0 aliphatic heterocycles. The van der Waals surface area contributed by atoms with Gasteiger partial charge >= 0.3 is 0 Å². The van der Waals surface area contributed by atoms with Gasteiger partial charge in [0, 0.05) is 32.4 Å². The molecule has 0 spiro atoms. The predicted molar refractivity (Wildman–Crippen MR) is 101 cm³/mol. The van der Waals surface area contributed by atoms with E-state index < -0.39 is 0 Å². The summed E-state index contributed by atoms with van der Waals surface area (Å²) in [6.45, 7) is 6.59. The van der Waals surface area contributed by atoms with Gasteiger partial charge in [0.15, 0.2) is 0 Å². The van der Waals surface area contributed by atoms with Crippen molar-refractivity contribution in [2.75, 3.05) is 26.2 Å². The van der Waals surface area contributed by atoms with Crippen molar-refractivity contribution < 1.29 is 14.4 Å². The van der Waals surface area contributed by atoms with Gasteiger partial charge in [-0.2, -0.15) is 0 Å². The number of rotatable bonds is 17. The minimum absolute atomic E-state index is 0.00956. The first kappa shape index (κ1) is 23.6. The van der Waals surface area contributed by atoms with Gasteiger partial charge < -0.3 is 16.0 Å². The standard InChI is InChI=1S/C19H37N3O3/c1-3-10-17(23)11-6-5-8-14-21-18(24)12-7-9-15-22-19(25)16-20-13-4-2/h20H,3-16H2,1-2H3,(H,21,24)(H,22,25). The molecule has 3 N–H and O–H groups in total. The van der Waals surface area contributed by atoms with Crippen LogP contribution in [0.3, 0.4) is 0 Å². The van der Waals surface area contributed by atoms with Gasteiger partial charge in [0.2, 0.25) is 11.8 Å². The molecule has 0 aliphatic carbocycles. The first-order valence-corrected chi connectivity index (χ1v) is 9.86. The summed E-state index contributed by atoms with van der Waals surface area (Å²) in [7, 11) is 0. The van der Waals surface area contributed by atoms with Gasteiger partial charge in [-0.3, -0.25) is 14.4 Å². The van der Waals surface area contributed by atoms with E-state index in [1.165, 1.54) is 0 Å². The van der Waals surface area contributed by atoms with E-state index in [1.807, 2.05) is 6.92 Å². The largest absolute Gasteiger partial charge is 0.356 e. The highest BCUT2D eigenvalue weighted by Crippen LogP contribution is 2.03. The summed E-state index contributed by atoms with van der Waals surface area (Å²) in [6, 6.07) is 0. The number of carbonyl (C=O) groups excluding carboxylic acids is 3. The average molecular weight is 356 g/mol. The fraction of sp³-hybridized carbons (Fsp3) is 0.842. The van der Waals surface area contributed by atoms with Crippen molar-refractivity contribution in [3.63, 3.8) is 0 Å². The fourth-order valence-electron chi connectivity index (χ4n) is 2.42. The smallest absolute Gasteiger partial charge is 0.233 e. The first-order valence-electron chi connectivity index (χ1n) is 9.86. The van der Waals surface area contributed by atoms with Crippen LogP contribution in [-0.2, 0) is 14.4 Å². The number of unbranched alkanes of at least 4 members (excludes halogenated alkanes) is 3. The van der Waals surface area contributed by atoms with Crippen molar-refractivity contribution in [3.8, 4) is 0 Å². The van der Waals surface area contributed by atoms with Gasteiger partial charge in [-0.1, -0.05) is 20.3 Å². The molecule has 0 saturated heterocycles. The van der Waals surface area contributed by atoms with E-state index in [0.29, 0.717) is 44.7 Å². The molecule has 0 aliphatic rings. The molecular weight excluding hydrogens is 318 g/mol. The molecule has 0 heterocycles. The summed E-state index contributed by atoms with van der Waals surface area (Å²) in [5, 5.41) is 8.80. The highest BCUT2D eigenvalue weighted by molar-refractivity contribution is 5.78. The van der Waals surface area contributed by atoms with Crippen LogP contribution in [0.5, 0.6) is 0 Å². The van der Waals surface area contributed by atoms with Crippen molar-refractivity contribution in [3.05, 3.63) is 0 Å². The second-order valence-corrected chi connectivity index (χ2v) is 6.43. The lowest BCUT2D eigenvalue weighted by molar-refractivity contribution is -0.121. The van der Waals surface area contributed by atoms with E-state index in [1.54, 1.807) is 0 Å². The molecule has 0 saturated carbocycles. The number of amides is 2. The monoisotopic (exact) mass is 355 g/mol. The predicted octanol–water partition coefficient (Wildman–Crippen LogP) is 2.32. The Morgan fingerprint density at radius 3 is 1.96 bits per heavy atom. The summed E-state index contributed by atoms with van der Waals surface area (Å²) >= 11 is 0. The maximum Gasteiger partial charge on any atom is 0.233 e. The first-order chi connectivity index (χ1) is 12.1. The Morgan fingerprint density at radius 1 is 0.640 bits per heavy atom. The Balaban J connectivity index is 3.36. The molecule has 0 aromatic heterocycles. The summed E-state index contributed by atoms with van der Waals surface area (Å²) in [4.78, 5) is 34.5. The zero-order chi connectivity index (χ0) is 18.8. The van der Waals surface area contributed by atoms with Crippen molar-refractivity contribution >= 4 is 17.6 Å². The molecule has 0 unspecified atom stereocenters. The zero-order valence-corrected chi connectivity index (χ0v) is 16.1. The van der Waals surface area contributed by atoms with Gasteiger partial charge in [-0.25, -0.2) is 0 Å². The van der Waals surface area contributed by atoms with Crippen LogP contribution in [0.2, 0.25) is 0 Å². The molecule has 6 heteroatoms. The molecule has 0 rings (SSSR count). The van der Waals surface area contributed by atoms with Crippen LogP contribution in [0, 0.1) is 0 Å². The number of hydrogen-bond acceptors (Lipinski definition) is 4. The van der Waals surface area contributed by atoms with Crippen molar-refractivity contribution in [1.82, 2.24) is 16.0 Å². The molecule has 0 aromatic rings. The molecular formula is C19H37N3O3. The van der Waals surface area contributed by atoms with E-state index in [9.17, 15) is 14.4 Å². The molecule has 146 valence electrons. The highest BCUT2D eigenvalue weighted by Gasteiger charge is 2.03. The highest BCUT2D eigenvalue weighted by atomic mass is 16.2. The third-order valence-corrected chi connectivity index (χ3v) is 3.85. The van der Waals surface area contributed by atoms with Crippen LogP contribution in [-0.4, -0.2) is 43.8 Å². The van der Waals surface area contributed by atoms with Crippen molar-refractivity contribution in [1.29, 1.82) is 0 Å². The van der Waals surface area contributed by atoms with Crippen LogP contribution < -0.4 is 16.0 Å². The third kappa shape index (κ3) is 17.2. The third-order valence-electron chi connectivity index (χ3n) is 3.85. The second kappa shape index (κ2) is 17.4. The Morgan fingerprint density at radius 2 is 1.28 bits per heavy atom. The Kier molecular flexibility index (Phi) is 16.4. The summed E-state index contributed by atoms with van der Waals surface area (Å²) < 4.78 is 0. The van der Waals surface area contributed by atoms with E-state index in [-0.39, 0.29) is 11.8 Å². The van der Waals surface area contributed by atoms with Gasteiger partial charge in [0.05, 0.1) is 6.54 Å². The lowest BCUT2D eigenvalue weighted by atomic mass is 10.1. The van der Waals surface area contributed by atoms with Crippen LogP contribution in [0.25, 0.3) is 0 Å². The van der Waals surface area contributed by atoms with E-state index >= 15 is 0 Å². The lowest BCUT2D eigenvalue weighted by Crippen LogP contribution is -2.34. The summed E-state index contributed by atoms with van der Waals surface area (Å²) in [5.74, 6) is 0.424. The van der Waals surface area contributed by atoms with Gasteiger partial charge in [0.1, 0.15) is 5.78 Å². The van der Waals surface area contributed by atoms with Gasteiger partial charge in [0.25, 0.3) is 0 Å². The molecule has 0 aromatic carbocycles. The minimum atomic E-state index is 0.00956. The minimum Gasteiger partial charge on any atom is -0.356 e. The Bertz CT molecular complexity index is 373. The topological polar surface area (TPSA) is 87.3 Å². The quantitative estimate of drug-likeness (QED) is 0.349. The maximum absolute atomic E-state index is 11.7. The van der Waals surface area contributed by atoms with E-state index in [0.717, 1.165) is 51.5 Å². The van der Waals surface area contributed by atoms with Crippen LogP contribution in [0.4, 0.5) is 0 Å². The summed E-state index contributed by atoms with van der Waals surface area (Å²) in [6.07, 6.45) is 8.20. The number of ketones is 1. The molecule has 0 bridgehead atoms. The van der Waals surface area contributed by atoms with E-state index in [2.05, 4.69) is 22.9 Å². The van der Waals surface area contributed by atoms with Crippen LogP contribution in [0.15, 0.2) is 0 Å². The van der Waals surface area contributed by atoms with Crippen molar-refractivity contribution in [2.45, 2.75) is 78.1 Å². The molecule has 0 fully saturated rings. The normalized spacial score (nSPS) is 10.5. The molecule has 25 heavy (non-hydrogen) atoms. The van der Waals surface area contributed by atoms with Crippen LogP contribution in [0.1, 0.15) is 78.1 Å². The van der Waals surface area contributed by atoms with Crippen molar-refractivity contribution in [2.24, 2.45) is 0 Å². The Hall–Kier alpha value is -1.43. The number of Topliss-reactive ketones (excluding diaryl/α,β-unsaturated/α-hetero) is 1. The van der Waals surface area contributed by atoms with Gasteiger partial charge in [-0.15, -0.1) is 0 Å². The van der Waals surface area contributed by atoms with Gasteiger partial charge in [-0.05, 0) is 45.1 Å². The molecule has 2 amide bonds. The van der Waals surface area contributed by atoms with E-state index in [4.69, 9.17) is 0 Å². The fourth-order valence-corrected chi connectivity index (χ4v) is 2.42. The molecule has 0 radical (unpaired) electrons. The number of nitrogens with one attached hydrogen (secondary N) is 3. The Labute approximate surface area is 152 Å². The molecule has 0 atom stereocenters. The molecule has 6 nitrogen and oxygen atoms in total. The SMILES string of the molecule is CCCNCC(=O)NCCCCC(=O)NCCCCCC(=O)CCC. The maximum atomic E-state index is 11.7.